The SMILES string of the molecule is C#CCNCC(=O)NCc1nncn1C. The van der Waals surface area contributed by atoms with E-state index in [2.05, 4.69) is 26.8 Å². The maximum absolute atomic E-state index is 11.2. The Morgan fingerprint density at radius 1 is 1.73 bits per heavy atom. The summed E-state index contributed by atoms with van der Waals surface area (Å²) in [5.74, 6) is 2.98. The molecule has 0 aliphatic rings. The van der Waals surface area contributed by atoms with Crippen LogP contribution in [0.25, 0.3) is 0 Å². The second-order valence-corrected chi connectivity index (χ2v) is 2.94. The minimum Gasteiger partial charge on any atom is -0.348 e. The molecule has 0 spiro atoms. The summed E-state index contributed by atoms with van der Waals surface area (Å²) in [4.78, 5) is 11.2. The monoisotopic (exact) mass is 207 g/mol. The first-order valence-corrected chi connectivity index (χ1v) is 4.47. The summed E-state index contributed by atoms with van der Waals surface area (Å²) in [5.41, 5.74) is 0. The zero-order chi connectivity index (χ0) is 11.1. The van der Waals surface area contributed by atoms with Crippen LogP contribution in [0.3, 0.4) is 0 Å². The van der Waals surface area contributed by atoms with Crippen molar-refractivity contribution in [2.24, 2.45) is 7.05 Å². The number of amides is 1. The van der Waals surface area contributed by atoms with E-state index in [1.54, 1.807) is 10.9 Å². The van der Waals surface area contributed by atoms with Crippen molar-refractivity contribution < 1.29 is 4.79 Å². The molecule has 15 heavy (non-hydrogen) atoms. The van der Waals surface area contributed by atoms with Gasteiger partial charge in [-0.05, 0) is 0 Å². The third-order valence-corrected chi connectivity index (χ3v) is 1.76. The van der Waals surface area contributed by atoms with Crippen LogP contribution in [-0.2, 0) is 18.4 Å². The Balaban J connectivity index is 2.23. The van der Waals surface area contributed by atoms with Gasteiger partial charge in [-0.1, -0.05) is 5.92 Å². The standard InChI is InChI=1S/C9H13N5O/c1-3-4-10-6-9(15)11-5-8-13-12-7-14(8)2/h1,7,10H,4-6H2,2H3,(H,11,15). The number of nitrogens with zero attached hydrogens (tertiary/aromatic N) is 3. The number of hydrogen-bond acceptors (Lipinski definition) is 4. The van der Waals surface area contributed by atoms with Gasteiger partial charge in [-0.15, -0.1) is 16.6 Å². The second-order valence-electron chi connectivity index (χ2n) is 2.94. The quantitative estimate of drug-likeness (QED) is 0.463. The molecule has 6 nitrogen and oxygen atoms in total. The molecule has 0 radical (unpaired) electrons. The van der Waals surface area contributed by atoms with Gasteiger partial charge in [0.15, 0.2) is 5.82 Å². The van der Waals surface area contributed by atoms with Crippen molar-refractivity contribution in [2.75, 3.05) is 13.1 Å². The first kappa shape index (κ1) is 11.2. The lowest BCUT2D eigenvalue weighted by Gasteiger charge is -2.04. The molecule has 0 saturated heterocycles. The van der Waals surface area contributed by atoms with Gasteiger partial charge in [-0.2, -0.15) is 0 Å². The lowest BCUT2D eigenvalue weighted by atomic mass is 10.5. The largest absolute Gasteiger partial charge is 0.348 e. The van der Waals surface area contributed by atoms with Crippen molar-refractivity contribution in [2.45, 2.75) is 6.54 Å². The van der Waals surface area contributed by atoms with Crippen LogP contribution in [0.5, 0.6) is 0 Å². The number of hydrogen-bond donors (Lipinski definition) is 2. The number of nitrogens with one attached hydrogen (secondary N) is 2. The molecule has 0 aromatic carbocycles. The first-order valence-electron chi connectivity index (χ1n) is 4.47. The van der Waals surface area contributed by atoms with Crippen LogP contribution in [0.1, 0.15) is 5.82 Å². The van der Waals surface area contributed by atoms with Gasteiger partial charge in [-0.25, -0.2) is 0 Å². The van der Waals surface area contributed by atoms with Gasteiger partial charge in [0.05, 0.1) is 19.6 Å². The van der Waals surface area contributed by atoms with Gasteiger partial charge in [0.1, 0.15) is 6.33 Å². The zero-order valence-electron chi connectivity index (χ0n) is 8.53. The van der Waals surface area contributed by atoms with E-state index in [1.807, 2.05) is 7.05 Å². The molecular formula is C9H13N5O. The Morgan fingerprint density at radius 3 is 3.13 bits per heavy atom. The fourth-order valence-electron chi connectivity index (χ4n) is 0.956. The van der Waals surface area contributed by atoms with Crippen LogP contribution in [0.2, 0.25) is 0 Å². The maximum atomic E-state index is 11.2. The number of terminal acetylenes is 1. The molecule has 0 aliphatic carbocycles. The van der Waals surface area contributed by atoms with Crippen molar-refractivity contribution in [1.82, 2.24) is 25.4 Å². The fraction of sp³-hybridized carbons (Fsp3) is 0.444. The highest BCUT2D eigenvalue weighted by molar-refractivity contribution is 5.77. The van der Waals surface area contributed by atoms with Gasteiger partial charge in [-0.3, -0.25) is 10.1 Å². The second kappa shape index (κ2) is 5.78. The van der Waals surface area contributed by atoms with E-state index in [1.165, 1.54) is 0 Å². The first-order chi connectivity index (χ1) is 7.24. The predicted molar refractivity (Wildman–Crippen MR) is 54.6 cm³/mol. The van der Waals surface area contributed by atoms with E-state index in [9.17, 15) is 4.79 Å². The molecule has 1 heterocycles. The van der Waals surface area contributed by atoms with Crippen molar-refractivity contribution in [3.63, 3.8) is 0 Å². The van der Waals surface area contributed by atoms with E-state index >= 15 is 0 Å². The van der Waals surface area contributed by atoms with Crippen LogP contribution in [0.15, 0.2) is 6.33 Å². The summed E-state index contributed by atoms with van der Waals surface area (Å²) in [5, 5.41) is 13.0. The van der Waals surface area contributed by atoms with Crippen LogP contribution < -0.4 is 10.6 Å². The number of carbonyl (C=O) groups is 1. The average Bonchev–Trinajstić information content (AvgIpc) is 2.61. The van der Waals surface area contributed by atoms with Crippen LogP contribution in [0, 0.1) is 12.3 Å². The van der Waals surface area contributed by atoms with Crippen LogP contribution >= 0.6 is 0 Å². The molecule has 0 atom stereocenters. The molecule has 0 saturated carbocycles. The lowest BCUT2D eigenvalue weighted by Crippen LogP contribution is -2.34. The lowest BCUT2D eigenvalue weighted by molar-refractivity contribution is -0.120. The molecule has 1 rings (SSSR count). The van der Waals surface area contributed by atoms with Gasteiger partial charge in [0.2, 0.25) is 5.91 Å². The Bertz CT molecular complexity index is 365. The summed E-state index contributed by atoms with van der Waals surface area (Å²) in [7, 11) is 1.82. The Kier molecular flexibility index (Phi) is 4.31. The molecule has 80 valence electrons. The molecule has 6 heteroatoms. The molecule has 1 aromatic rings. The maximum Gasteiger partial charge on any atom is 0.234 e. The van der Waals surface area contributed by atoms with Crippen molar-refractivity contribution in [1.29, 1.82) is 0 Å². The molecular weight excluding hydrogens is 194 g/mol. The Labute approximate surface area is 88.1 Å². The van der Waals surface area contributed by atoms with Crippen LogP contribution in [-0.4, -0.2) is 33.8 Å². The number of aryl methyl sites for hydroxylation is 1. The number of carbonyl (C=O) groups excluding carboxylic acids is 1. The highest BCUT2D eigenvalue weighted by Gasteiger charge is 2.03. The van der Waals surface area contributed by atoms with Gasteiger partial charge < -0.3 is 9.88 Å². The fourth-order valence-corrected chi connectivity index (χ4v) is 0.956. The summed E-state index contributed by atoms with van der Waals surface area (Å²) in [6.07, 6.45) is 6.60. The Hall–Kier alpha value is -1.87. The highest BCUT2D eigenvalue weighted by atomic mass is 16.1. The van der Waals surface area contributed by atoms with Crippen molar-refractivity contribution in [3.05, 3.63) is 12.2 Å². The molecule has 0 bridgehead atoms. The van der Waals surface area contributed by atoms with E-state index in [4.69, 9.17) is 6.42 Å². The van der Waals surface area contributed by atoms with Crippen LogP contribution in [0.4, 0.5) is 0 Å². The van der Waals surface area contributed by atoms with E-state index < -0.39 is 0 Å². The van der Waals surface area contributed by atoms with Crippen molar-refractivity contribution >= 4 is 5.91 Å². The molecule has 0 unspecified atom stereocenters. The Morgan fingerprint density at radius 2 is 2.53 bits per heavy atom. The minimum absolute atomic E-state index is 0.117. The topological polar surface area (TPSA) is 71.8 Å². The van der Waals surface area contributed by atoms with E-state index in [0.29, 0.717) is 18.9 Å². The number of aromatic nitrogens is 3. The smallest absolute Gasteiger partial charge is 0.234 e. The zero-order valence-corrected chi connectivity index (χ0v) is 8.53. The minimum atomic E-state index is -0.117. The average molecular weight is 207 g/mol. The van der Waals surface area contributed by atoms with E-state index in [-0.39, 0.29) is 12.5 Å². The van der Waals surface area contributed by atoms with Gasteiger partial charge in [0, 0.05) is 7.05 Å². The molecule has 0 aliphatic heterocycles. The summed E-state index contributed by atoms with van der Waals surface area (Å²) in [6, 6.07) is 0. The summed E-state index contributed by atoms with van der Waals surface area (Å²) < 4.78 is 1.75. The molecule has 1 aromatic heterocycles. The summed E-state index contributed by atoms with van der Waals surface area (Å²) >= 11 is 0. The predicted octanol–water partition coefficient (Wildman–Crippen LogP) is -1.35. The number of rotatable bonds is 5. The third kappa shape index (κ3) is 3.79. The summed E-state index contributed by atoms with van der Waals surface area (Å²) in [6.45, 7) is 0.965. The molecule has 1 amide bonds. The van der Waals surface area contributed by atoms with Gasteiger partial charge in [0.25, 0.3) is 0 Å². The third-order valence-electron chi connectivity index (χ3n) is 1.76. The van der Waals surface area contributed by atoms with E-state index in [0.717, 1.165) is 0 Å². The highest BCUT2D eigenvalue weighted by Crippen LogP contribution is 1.89. The molecule has 0 fully saturated rings. The van der Waals surface area contributed by atoms with Crippen molar-refractivity contribution in [3.8, 4) is 12.3 Å². The van der Waals surface area contributed by atoms with Gasteiger partial charge >= 0.3 is 0 Å². The normalized spacial score (nSPS) is 9.60. The molecule has 2 N–H and O–H groups in total.